The Balaban J connectivity index is 1.91. The zero-order chi connectivity index (χ0) is 14.1. The number of nitrogens with two attached hydrogens (primary N) is 1. The van der Waals surface area contributed by atoms with Gasteiger partial charge < -0.3 is 10.2 Å². The van der Waals surface area contributed by atoms with E-state index in [1.165, 1.54) is 0 Å². The van der Waals surface area contributed by atoms with E-state index in [9.17, 15) is 4.21 Å². The van der Waals surface area contributed by atoms with E-state index in [-0.39, 0.29) is 5.22 Å². The minimum atomic E-state index is -1.30. The number of hydrogen-bond acceptors (Lipinski definition) is 4. The molecule has 0 aliphatic rings. The predicted octanol–water partition coefficient (Wildman–Crippen LogP) is 3.03. The highest BCUT2D eigenvalue weighted by Crippen LogP contribution is 2.22. The number of benzene rings is 2. The molecule has 3 rings (SSSR count). The minimum absolute atomic E-state index is 0.244. The zero-order valence-corrected chi connectivity index (χ0v) is 11.8. The smallest absolute Gasteiger partial charge is 0.288 e. The molecule has 1 atom stereocenters. The zero-order valence-electron chi connectivity index (χ0n) is 11.0. The number of nitrogens with zero attached hydrogens (tertiary/aromatic N) is 1. The highest BCUT2D eigenvalue weighted by Gasteiger charge is 2.14. The van der Waals surface area contributed by atoms with Crippen molar-refractivity contribution in [1.29, 1.82) is 0 Å². The van der Waals surface area contributed by atoms with Gasteiger partial charge in [-0.1, -0.05) is 24.3 Å². The number of oxazole rings is 1. The van der Waals surface area contributed by atoms with Crippen LogP contribution in [0.25, 0.3) is 11.1 Å². The van der Waals surface area contributed by atoms with Gasteiger partial charge in [0.2, 0.25) is 0 Å². The summed E-state index contributed by atoms with van der Waals surface area (Å²) in [6.07, 6.45) is 0. The minimum Gasteiger partial charge on any atom is -0.430 e. The van der Waals surface area contributed by atoms with Crippen LogP contribution in [-0.2, 0) is 16.6 Å². The molecule has 1 unspecified atom stereocenters. The van der Waals surface area contributed by atoms with Gasteiger partial charge in [-0.05, 0) is 36.2 Å². The summed E-state index contributed by atoms with van der Waals surface area (Å²) in [6.45, 7) is 2.00. The number of hydrogen-bond donors (Lipinski definition) is 1. The van der Waals surface area contributed by atoms with Crippen molar-refractivity contribution in [1.82, 2.24) is 4.98 Å². The van der Waals surface area contributed by atoms with Gasteiger partial charge in [-0.25, -0.2) is 9.19 Å². The van der Waals surface area contributed by atoms with Crippen LogP contribution in [0.2, 0.25) is 0 Å². The Kier molecular flexibility index (Phi) is 3.28. The third-order valence-electron chi connectivity index (χ3n) is 3.13. The molecule has 0 spiro atoms. The molecule has 0 bridgehead atoms. The van der Waals surface area contributed by atoms with E-state index in [1.807, 2.05) is 31.2 Å². The summed E-state index contributed by atoms with van der Waals surface area (Å²) < 4.78 is 17.9. The molecule has 0 saturated heterocycles. The van der Waals surface area contributed by atoms with E-state index in [0.717, 1.165) is 11.1 Å². The number of anilines is 1. The molecule has 0 aliphatic carbocycles. The van der Waals surface area contributed by atoms with Gasteiger partial charge in [-0.15, -0.1) is 0 Å². The van der Waals surface area contributed by atoms with Crippen molar-refractivity contribution in [3.05, 3.63) is 53.6 Å². The van der Waals surface area contributed by atoms with E-state index in [2.05, 4.69) is 4.98 Å². The second-order valence-corrected chi connectivity index (χ2v) is 5.95. The van der Waals surface area contributed by atoms with Crippen LogP contribution in [0.1, 0.15) is 11.1 Å². The van der Waals surface area contributed by atoms with Crippen molar-refractivity contribution in [3.63, 3.8) is 0 Å². The molecular formula is C15H14N2O2S. The summed E-state index contributed by atoms with van der Waals surface area (Å²) in [4.78, 5) is 4.25. The molecule has 2 N–H and O–H groups in total. The summed E-state index contributed by atoms with van der Waals surface area (Å²) in [7, 11) is -1.30. The van der Waals surface area contributed by atoms with Crippen LogP contribution in [0.4, 0.5) is 5.69 Å². The molecule has 2 aromatic carbocycles. The maximum absolute atomic E-state index is 12.3. The van der Waals surface area contributed by atoms with Gasteiger partial charge in [0.05, 0.1) is 5.75 Å². The Hall–Kier alpha value is -2.14. The van der Waals surface area contributed by atoms with E-state index in [4.69, 9.17) is 10.2 Å². The van der Waals surface area contributed by atoms with Crippen LogP contribution in [-0.4, -0.2) is 9.19 Å². The quantitative estimate of drug-likeness (QED) is 0.751. The molecule has 0 radical (unpaired) electrons. The molecule has 4 nitrogen and oxygen atoms in total. The Morgan fingerprint density at radius 1 is 1.25 bits per heavy atom. The fraction of sp³-hybridized carbons (Fsp3) is 0.133. The van der Waals surface area contributed by atoms with E-state index in [0.29, 0.717) is 22.5 Å². The van der Waals surface area contributed by atoms with Crippen LogP contribution < -0.4 is 5.73 Å². The molecule has 0 saturated carbocycles. The lowest BCUT2D eigenvalue weighted by Crippen LogP contribution is -1.98. The second-order valence-electron chi connectivity index (χ2n) is 4.62. The Bertz CT molecular complexity index is 795. The Morgan fingerprint density at radius 2 is 2.05 bits per heavy atom. The molecule has 5 heteroatoms. The van der Waals surface area contributed by atoms with Gasteiger partial charge in [0, 0.05) is 5.69 Å². The summed E-state index contributed by atoms with van der Waals surface area (Å²) in [5, 5.41) is 0.244. The van der Waals surface area contributed by atoms with Crippen LogP contribution in [0, 0.1) is 6.92 Å². The number of rotatable bonds is 3. The predicted molar refractivity (Wildman–Crippen MR) is 79.7 cm³/mol. The first-order chi connectivity index (χ1) is 9.63. The fourth-order valence-electron chi connectivity index (χ4n) is 2.00. The molecule has 0 amide bonds. The molecule has 20 heavy (non-hydrogen) atoms. The second kappa shape index (κ2) is 5.09. The van der Waals surface area contributed by atoms with Crippen LogP contribution in [0.5, 0.6) is 0 Å². The highest BCUT2D eigenvalue weighted by atomic mass is 32.2. The molecule has 102 valence electrons. The lowest BCUT2D eigenvalue weighted by Gasteiger charge is -2.02. The maximum atomic E-state index is 12.3. The molecule has 0 aliphatic heterocycles. The average Bonchev–Trinajstić information content (AvgIpc) is 2.84. The molecule has 0 fully saturated rings. The normalized spacial score (nSPS) is 12.7. The molecule has 1 aromatic heterocycles. The van der Waals surface area contributed by atoms with Gasteiger partial charge in [0.25, 0.3) is 5.22 Å². The standard InChI is InChI=1S/C15H14N2O2S/c1-10-4-2-3-5-11(10)9-20(18)15-17-13-8-12(16)6-7-14(13)19-15/h2-8H,9,16H2,1H3. The van der Waals surface area contributed by atoms with Gasteiger partial charge in [0.15, 0.2) is 5.58 Å². The van der Waals surface area contributed by atoms with Crippen molar-refractivity contribution >= 4 is 27.6 Å². The first kappa shape index (κ1) is 12.9. The van der Waals surface area contributed by atoms with Crippen LogP contribution >= 0.6 is 0 Å². The SMILES string of the molecule is Cc1ccccc1CS(=O)c1nc2cc(N)ccc2o1. The summed E-state index contributed by atoms with van der Waals surface area (Å²) in [6, 6.07) is 13.1. The van der Waals surface area contributed by atoms with Crippen molar-refractivity contribution in [2.45, 2.75) is 17.9 Å². The number of fused-ring (bicyclic) bond motifs is 1. The van der Waals surface area contributed by atoms with Gasteiger partial charge in [-0.2, -0.15) is 0 Å². The van der Waals surface area contributed by atoms with E-state index in [1.54, 1.807) is 18.2 Å². The van der Waals surface area contributed by atoms with Crippen molar-refractivity contribution in [2.24, 2.45) is 0 Å². The fourth-order valence-corrected chi connectivity index (χ4v) is 3.11. The molecular weight excluding hydrogens is 272 g/mol. The van der Waals surface area contributed by atoms with Crippen molar-refractivity contribution in [2.75, 3.05) is 5.73 Å². The largest absolute Gasteiger partial charge is 0.430 e. The monoisotopic (exact) mass is 286 g/mol. The third-order valence-corrected chi connectivity index (χ3v) is 4.27. The van der Waals surface area contributed by atoms with E-state index >= 15 is 0 Å². The maximum Gasteiger partial charge on any atom is 0.288 e. The summed E-state index contributed by atoms with van der Waals surface area (Å²) >= 11 is 0. The first-order valence-electron chi connectivity index (χ1n) is 6.22. The number of aryl methyl sites for hydroxylation is 1. The third kappa shape index (κ3) is 2.44. The van der Waals surface area contributed by atoms with Crippen molar-refractivity contribution in [3.8, 4) is 0 Å². The topological polar surface area (TPSA) is 69.1 Å². The molecule has 1 heterocycles. The highest BCUT2D eigenvalue weighted by molar-refractivity contribution is 7.84. The number of nitrogen functional groups attached to an aromatic ring is 1. The Morgan fingerprint density at radius 3 is 2.85 bits per heavy atom. The molecule has 3 aromatic rings. The average molecular weight is 286 g/mol. The van der Waals surface area contributed by atoms with Crippen LogP contribution in [0.15, 0.2) is 52.1 Å². The van der Waals surface area contributed by atoms with Gasteiger partial charge in [-0.3, -0.25) is 0 Å². The Labute approximate surface area is 119 Å². The lowest BCUT2D eigenvalue weighted by molar-refractivity contribution is 0.477. The first-order valence-corrected chi connectivity index (χ1v) is 7.54. The number of aromatic nitrogens is 1. The van der Waals surface area contributed by atoms with Crippen molar-refractivity contribution < 1.29 is 8.63 Å². The van der Waals surface area contributed by atoms with Gasteiger partial charge >= 0.3 is 0 Å². The van der Waals surface area contributed by atoms with E-state index < -0.39 is 10.8 Å². The van der Waals surface area contributed by atoms with Crippen LogP contribution in [0.3, 0.4) is 0 Å². The van der Waals surface area contributed by atoms with Gasteiger partial charge in [0.1, 0.15) is 16.3 Å². The summed E-state index contributed by atoms with van der Waals surface area (Å²) in [5.74, 6) is 0.398. The lowest BCUT2D eigenvalue weighted by atomic mass is 10.1. The summed E-state index contributed by atoms with van der Waals surface area (Å²) in [5.41, 5.74) is 9.70.